The Labute approximate surface area is 183 Å². The molecule has 0 spiro atoms. The molecule has 31 heavy (non-hydrogen) atoms. The van der Waals surface area contributed by atoms with Gasteiger partial charge in [-0.15, -0.1) is 20.4 Å². The standard InChI is InChI=1S/C23H21N5O2S/c1-13-5-7-16(8-6-13)22-26-25-21(30-22)15(3)31-23-27-24-20-11-14(2)18-10-9-17(29-4)12-19(18)28(20)23/h5-12,15H,1-4H3. The van der Waals surface area contributed by atoms with Crippen LogP contribution in [-0.4, -0.2) is 31.9 Å². The van der Waals surface area contributed by atoms with E-state index in [1.54, 1.807) is 7.11 Å². The minimum atomic E-state index is -0.0962. The maximum atomic E-state index is 5.95. The van der Waals surface area contributed by atoms with Crippen molar-refractivity contribution in [3.05, 3.63) is 65.5 Å². The van der Waals surface area contributed by atoms with E-state index in [0.717, 1.165) is 38.6 Å². The summed E-state index contributed by atoms with van der Waals surface area (Å²) in [6, 6.07) is 16.1. The number of hydrogen-bond donors (Lipinski definition) is 0. The zero-order chi connectivity index (χ0) is 21.5. The maximum Gasteiger partial charge on any atom is 0.247 e. The van der Waals surface area contributed by atoms with Crippen LogP contribution in [0.5, 0.6) is 5.75 Å². The van der Waals surface area contributed by atoms with Crippen LogP contribution in [0.4, 0.5) is 0 Å². The number of fused-ring (bicyclic) bond motifs is 3. The number of aromatic nitrogens is 5. The number of methoxy groups -OCH3 is 1. The van der Waals surface area contributed by atoms with Crippen LogP contribution in [-0.2, 0) is 0 Å². The molecule has 0 radical (unpaired) electrons. The molecule has 0 bridgehead atoms. The summed E-state index contributed by atoms with van der Waals surface area (Å²) >= 11 is 1.53. The van der Waals surface area contributed by atoms with Crippen LogP contribution in [0, 0.1) is 13.8 Å². The number of thioether (sulfide) groups is 1. The van der Waals surface area contributed by atoms with E-state index in [1.807, 2.05) is 60.7 Å². The molecular formula is C23H21N5O2S. The monoisotopic (exact) mass is 431 g/mol. The van der Waals surface area contributed by atoms with Crippen LogP contribution in [0.15, 0.2) is 58.1 Å². The van der Waals surface area contributed by atoms with E-state index in [4.69, 9.17) is 9.15 Å². The predicted octanol–water partition coefficient (Wildman–Crippen LogP) is 5.41. The van der Waals surface area contributed by atoms with Gasteiger partial charge in [0, 0.05) is 17.0 Å². The lowest BCUT2D eigenvalue weighted by Crippen LogP contribution is -1.96. The van der Waals surface area contributed by atoms with E-state index in [1.165, 1.54) is 17.3 Å². The van der Waals surface area contributed by atoms with Gasteiger partial charge in [-0.25, -0.2) is 0 Å². The normalized spacial score (nSPS) is 12.5. The Hall–Kier alpha value is -3.39. The van der Waals surface area contributed by atoms with Crippen molar-refractivity contribution in [1.29, 1.82) is 0 Å². The molecule has 0 N–H and O–H groups in total. The summed E-state index contributed by atoms with van der Waals surface area (Å²) in [7, 11) is 1.67. The molecule has 0 fully saturated rings. The lowest BCUT2D eigenvalue weighted by atomic mass is 10.1. The van der Waals surface area contributed by atoms with Crippen LogP contribution in [0.2, 0.25) is 0 Å². The highest BCUT2D eigenvalue weighted by molar-refractivity contribution is 7.99. The van der Waals surface area contributed by atoms with Crippen molar-refractivity contribution in [3.63, 3.8) is 0 Å². The van der Waals surface area contributed by atoms with E-state index in [0.29, 0.717) is 11.8 Å². The highest BCUT2D eigenvalue weighted by Gasteiger charge is 2.20. The molecule has 3 heterocycles. The van der Waals surface area contributed by atoms with E-state index < -0.39 is 0 Å². The van der Waals surface area contributed by atoms with Gasteiger partial charge in [-0.3, -0.25) is 4.40 Å². The second-order valence-corrected chi connectivity index (χ2v) is 8.77. The fourth-order valence-corrected chi connectivity index (χ4v) is 4.42. The third kappa shape index (κ3) is 3.53. The molecule has 3 aromatic heterocycles. The second kappa shape index (κ2) is 7.70. The first-order valence-electron chi connectivity index (χ1n) is 9.93. The summed E-state index contributed by atoms with van der Waals surface area (Å²) in [4.78, 5) is 0. The summed E-state index contributed by atoms with van der Waals surface area (Å²) < 4.78 is 13.4. The van der Waals surface area contributed by atoms with Gasteiger partial charge in [0.1, 0.15) is 5.75 Å². The van der Waals surface area contributed by atoms with Crippen molar-refractivity contribution in [3.8, 4) is 17.2 Å². The van der Waals surface area contributed by atoms with Gasteiger partial charge < -0.3 is 9.15 Å². The number of ether oxygens (including phenoxy) is 1. The molecule has 5 aromatic rings. The summed E-state index contributed by atoms with van der Waals surface area (Å²) in [6.45, 7) is 6.14. The highest BCUT2D eigenvalue weighted by Crippen LogP contribution is 2.36. The lowest BCUT2D eigenvalue weighted by Gasteiger charge is -2.10. The topological polar surface area (TPSA) is 78.3 Å². The van der Waals surface area contributed by atoms with Gasteiger partial charge in [-0.05, 0) is 56.7 Å². The maximum absolute atomic E-state index is 5.95. The minimum Gasteiger partial charge on any atom is -0.497 e. The molecule has 0 amide bonds. The van der Waals surface area contributed by atoms with E-state index >= 15 is 0 Å². The highest BCUT2D eigenvalue weighted by atomic mass is 32.2. The summed E-state index contributed by atoms with van der Waals surface area (Å²) in [5.74, 6) is 1.85. The van der Waals surface area contributed by atoms with E-state index in [-0.39, 0.29) is 5.25 Å². The second-order valence-electron chi connectivity index (χ2n) is 7.46. The third-order valence-corrected chi connectivity index (χ3v) is 6.27. The van der Waals surface area contributed by atoms with Gasteiger partial charge in [0.25, 0.3) is 0 Å². The largest absolute Gasteiger partial charge is 0.497 e. The van der Waals surface area contributed by atoms with Crippen molar-refractivity contribution < 1.29 is 9.15 Å². The van der Waals surface area contributed by atoms with E-state index in [9.17, 15) is 0 Å². The Bertz CT molecular complexity index is 1390. The van der Waals surface area contributed by atoms with Crippen molar-refractivity contribution in [1.82, 2.24) is 24.8 Å². The van der Waals surface area contributed by atoms with Gasteiger partial charge in [0.05, 0.1) is 17.9 Å². The fourth-order valence-electron chi connectivity index (χ4n) is 3.53. The van der Waals surface area contributed by atoms with Crippen molar-refractivity contribution in [2.45, 2.75) is 31.2 Å². The molecule has 156 valence electrons. The first kappa shape index (κ1) is 19.6. The fraction of sp³-hybridized carbons (Fsp3) is 0.217. The Balaban J connectivity index is 1.50. The first-order chi connectivity index (χ1) is 15.0. The summed E-state index contributed by atoms with van der Waals surface area (Å²) in [6.07, 6.45) is 0. The van der Waals surface area contributed by atoms with Crippen LogP contribution in [0.3, 0.4) is 0 Å². The zero-order valence-electron chi connectivity index (χ0n) is 17.7. The average Bonchev–Trinajstić information content (AvgIpc) is 3.42. The molecule has 0 aliphatic carbocycles. The Morgan fingerprint density at radius 1 is 0.968 bits per heavy atom. The summed E-state index contributed by atoms with van der Waals surface area (Å²) in [5.41, 5.74) is 5.02. The summed E-state index contributed by atoms with van der Waals surface area (Å²) in [5, 5.41) is 19.1. The van der Waals surface area contributed by atoms with Gasteiger partial charge in [0.2, 0.25) is 11.8 Å². The van der Waals surface area contributed by atoms with Crippen LogP contribution < -0.4 is 4.74 Å². The molecule has 7 nitrogen and oxygen atoms in total. The quantitative estimate of drug-likeness (QED) is 0.344. The van der Waals surface area contributed by atoms with Crippen LogP contribution >= 0.6 is 11.8 Å². The van der Waals surface area contributed by atoms with Crippen LogP contribution in [0.1, 0.15) is 29.2 Å². The Kier molecular flexibility index (Phi) is 4.86. The number of pyridine rings is 1. The molecule has 5 rings (SSSR count). The number of nitrogens with zero attached hydrogens (tertiary/aromatic N) is 5. The molecule has 0 saturated carbocycles. The molecule has 0 aliphatic rings. The number of benzene rings is 2. The van der Waals surface area contributed by atoms with Gasteiger partial charge in [0.15, 0.2) is 10.8 Å². The Morgan fingerprint density at radius 2 is 1.77 bits per heavy atom. The first-order valence-corrected chi connectivity index (χ1v) is 10.8. The third-order valence-electron chi connectivity index (χ3n) is 5.24. The number of rotatable bonds is 5. The molecule has 8 heteroatoms. The minimum absolute atomic E-state index is 0.0962. The molecule has 1 unspecified atom stereocenters. The van der Waals surface area contributed by atoms with Gasteiger partial charge in [-0.1, -0.05) is 29.5 Å². The molecule has 0 saturated heterocycles. The van der Waals surface area contributed by atoms with Gasteiger partial charge in [-0.2, -0.15) is 0 Å². The molecule has 0 aliphatic heterocycles. The van der Waals surface area contributed by atoms with E-state index in [2.05, 4.69) is 33.4 Å². The number of hydrogen-bond acceptors (Lipinski definition) is 7. The van der Waals surface area contributed by atoms with Crippen molar-refractivity contribution in [2.75, 3.05) is 7.11 Å². The zero-order valence-corrected chi connectivity index (χ0v) is 18.5. The average molecular weight is 432 g/mol. The Morgan fingerprint density at radius 3 is 2.55 bits per heavy atom. The molecule has 1 atom stereocenters. The smallest absolute Gasteiger partial charge is 0.247 e. The van der Waals surface area contributed by atoms with Gasteiger partial charge >= 0.3 is 0 Å². The van der Waals surface area contributed by atoms with Crippen molar-refractivity contribution in [2.24, 2.45) is 0 Å². The predicted molar refractivity (Wildman–Crippen MR) is 121 cm³/mol. The number of aryl methyl sites for hydroxylation is 2. The lowest BCUT2D eigenvalue weighted by molar-refractivity contribution is 0.415. The van der Waals surface area contributed by atoms with Crippen LogP contribution in [0.25, 0.3) is 28.0 Å². The SMILES string of the molecule is COc1ccc2c(C)cc3nnc(SC(C)c4nnc(-c5ccc(C)cc5)o4)n3c2c1. The molecular weight excluding hydrogens is 410 g/mol. The molecule has 2 aromatic carbocycles. The van der Waals surface area contributed by atoms with Crippen molar-refractivity contribution >= 4 is 28.3 Å².